The van der Waals surface area contributed by atoms with E-state index in [2.05, 4.69) is 4.98 Å². The van der Waals surface area contributed by atoms with Gasteiger partial charge in [0.05, 0.1) is 33.9 Å². The largest absolute Gasteiger partial charge is 0.493 e. The summed E-state index contributed by atoms with van der Waals surface area (Å²) in [6.07, 6.45) is 5.83. The first-order valence-electron chi connectivity index (χ1n) is 9.71. The number of benzene rings is 1. The van der Waals surface area contributed by atoms with Gasteiger partial charge in [-0.25, -0.2) is 0 Å². The van der Waals surface area contributed by atoms with E-state index in [1.165, 1.54) is 0 Å². The van der Waals surface area contributed by atoms with Gasteiger partial charge in [0, 0.05) is 32.1 Å². The van der Waals surface area contributed by atoms with Crippen LogP contribution in [0.5, 0.6) is 17.2 Å². The highest BCUT2D eigenvalue weighted by molar-refractivity contribution is 5.79. The lowest BCUT2D eigenvalue weighted by Crippen LogP contribution is -2.37. The molecule has 3 rings (SSSR count). The number of amides is 1. The molecule has 156 valence electrons. The molecule has 0 radical (unpaired) electrons. The maximum absolute atomic E-state index is 13.2. The molecule has 29 heavy (non-hydrogen) atoms. The first-order chi connectivity index (χ1) is 14.1. The highest BCUT2D eigenvalue weighted by Gasteiger charge is 2.24. The molecule has 7 nitrogen and oxygen atoms in total. The van der Waals surface area contributed by atoms with Crippen LogP contribution in [0, 0.1) is 0 Å². The molecule has 0 unspecified atom stereocenters. The van der Waals surface area contributed by atoms with E-state index < -0.39 is 0 Å². The Balaban J connectivity index is 1.79. The summed E-state index contributed by atoms with van der Waals surface area (Å²) >= 11 is 0. The van der Waals surface area contributed by atoms with Crippen molar-refractivity contribution in [1.29, 1.82) is 0 Å². The number of carbonyl (C=O) groups is 1. The van der Waals surface area contributed by atoms with E-state index in [4.69, 9.17) is 18.9 Å². The number of hydrogen-bond acceptors (Lipinski definition) is 6. The maximum Gasteiger partial charge on any atom is 0.227 e. The molecule has 1 aliphatic heterocycles. The standard InChI is InChI=1S/C22H28N2O5/c1-26-19-10-17(11-20(27-2)22(19)28-3)12-21(25)24(15-18-7-5-9-29-18)14-16-6-4-8-23-13-16/h4,6,8,10-11,13,18H,5,7,9,12,14-15H2,1-3H3/t18-/m0/s1. The fraction of sp³-hybridized carbons (Fsp3) is 0.455. The van der Waals surface area contributed by atoms with Crippen LogP contribution in [0.15, 0.2) is 36.7 Å². The molecule has 1 aromatic heterocycles. The number of rotatable bonds is 9. The molecular formula is C22H28N2O5. The van der Waals surface area contributed by atoms with Crippen molar-refractivity contribution < 1.29 is 23.7 Å². The Morgan fingerprint density at radius 2 is 1.93 bits per heavy atom. The van der Waals surface area contributed by atoms with Crippen LogP contribution in [-0.2, 0) is 22.5 Å². The molecule has 1 fully saturated rings. The van der Waals surface area contributed by atoms with Crippen LogP contribution in [-0.4, -0.2) is 56.4 Å². The zero-order chi connectivity index (χ0) is 20.6. The molecule has 0 N–H and O–H groups in total. The second-order valence-corrected chi connectivity index (χ2v) is 6.98. The van der Waals surface area contributed by atoms with Crippen molar-refractivity contribution >= 4 is 5.91 Å². The minimum absolute atomic E-state index is 0.0126. The van der Waals surface area contributed by atoms with Gasteiger partial charge in [-0.05, 0) is 42.2 Å². The van der Waals surface area contributed by atoms with Gasteiger partial charge in [0.1, 0.15) is 0 Å². The van der Waals surface area contributed by atoms with Crippen LogP contribution in [0.2, 0.25) is 0 Å². The quantitative estimate of drug-likeness (QED) is 0.645. The minimum atomic E-state index is 0.0126. The van der Waals surface area contributed by atoms with Gasteiger partial charge in [-0.15, -0.1) is 0 Å². The van der Waals surface area contributed by atoms with Gasteiger partial charge in [0.2, 0.25) is 11.7 Å². The van der Waals surface area contributed by atoms with Crippen molar-refractivity contribution in [3.8, 4) is 17.2 Å². The normalized spacial score (nSPS) is 15.8. The van der Waals surface area contributed by atoms with E-state index in [-0.39, 0.29) is 18.4 Å². The van der Waals surface area contributed by atoms with E-state index in [1.807, 2.05) is 29.2 Å². The van der Waals surface area contributed by atoms with E-state index in [9.17, 15) is 4.79 Å². The molecule has 1 atom stereocenters. The fourth-order valence-corrected chi connectivity index (χ4v) is 3.52. The van der Waals surface area contributed by atoms with Crippen LogP contribution in [0.25, 0.3) is 0 Å². The smallest absolute Gasteiger partial charge is 0.227 e. The second kappa shape index (κ2) is 10.1. The number of ether oxygens (including phenoxy) is 4. The van der Waals surface area contributed by atoms with E-state index in [0.29, 0.717) is 30.3 Å². The molecule has 0 aliphatic carbocycles. The molecule has 0 spiro atoms. The number of nitrogens with zero attached hydrogens (tertiary/aromatic N) is 2. The zero-order valence-electron chi connectivity index (χ0n) is 17.2. The van der Waals surface area contributed by atoms with Crippen molar-refractivity contribution in [1.82, 2.24) is 9.88 Å². The van der Waals surface area contributed by atoms with Crippen molar-refractivity contribution in [2.75, 3.05) is 34.5 Å². The van der Waals surface area contributed by atoms with Gasteiger partial charge in [0.15, 0.2) is 11.5 Å². The average molecular weight is 400 g/mol. The second-order valence-electron chi connectivity index (χ2n) is 6.98. The lowest BCUT2D eigenvalue weighted by Gasteiger charge is -2.26. The summed E-state index contributed by atoms with van der Waals surface area (Å²) in [4.78, 5) is 19.2. The molecule has 1 aliphatic rings. The van der Waals surface area contributed by atoms with Crippen LogP contribution < -0.4 is 14.2 Å². The first kappa shape index (κ1) is 20.9. The topological polar surface area (TPSA) is 70.1 Å². The monoisotopic (exact) mass is 400 g/mol. The number of methoxy groups -OCH3 is 3. The Morgan fingerprint density at radius 1 is 1.17 bits per heavy atom. The van der Waals surface area contributed by atoms with E-state index in [0.717, 1.165) is 30.6 Å². The van der Waals surface area contributed by atoms with Crippen molar-refractivity contribution in [3.05, 3.63) is 47.8 Å². The van der Waals surface area contributed by atoms with Gasteiger partial charge >= 0.3 is 0 Å². The fourth-order valence-electron chi connectivity index (χ4n) is 3.52. The third-order valence-corrected chi connectivity index (χ3v) is 4.98. The van der Waals surface area contributed by atoms with Crippen LogP contribution >= 0.6 is 0 Å². The Hall–Kier alpha value is -2.80. The van der Waals surface area contributed by atoms with Crippen LogP contribution in [0.4, 0.5) is 0 Å². The number of carbonyl (C=O) groups excluding carboxylic acids is 1. The lowest BCUT2D eigenvalue weighted by atomic mass is 10.1. The van der Waals surface area contributed by atoms with Gasteiger partial charge < -0.3 is 23.8 Å². The van der Waals surface area contributed by atoms with Crippen LogP contribution in [0.1, 0.15) is 24.0 Å². The van der Waals surface area contributed by atoms with Gasteiger partial charge in [-0.1, -0.05) is 6.07 Å². The highest BCUT2D eigenvalue weighted by atomic mass is 16.5. The number of aromatic nitrogens is 1. The average Bonchev–Trinajstić information content (AvgIpc) is 3.26. The van der Waals surface area contributed by atoms with Gasteiger partial charge in [-0.2, -0.15) is 0 Å². The summed E-state index contributed by atoms with van der Waals surface area (Å²) in [6, 6.07) is 7.48. The predicted octanol–water partition coefficient (Wildman–Crippen LogP) is 2.86. The minimum Gasteiger partial charge on any atom is -0.493 e. The molecule has 1 saturated heterocycles. The molecule has 1 amide bonds. The molecule has 2 heterocycles. The molecule has 0 saturated carbocycles. The lowest BCUT2D eigenvalue weighted by molar-refractivity contribution is -0.132. The summed E-state index contributed by atoms with van der Waals surface area (Å²) in [6.45, 7) is 1.82. The summed E-state index contributed by atoms with van der Waals surface area (Å²) in [7, 11) is 4.69. The van der Waals surface area contributed by atoms with Crippen molar-refractivity contribution in [2.45, 2.75) is 31.9 Å². The van der Waals surface area contributed by atoms with E-state index in [1.54, 1.807) is 33.7 Å². The Kier molecular flexibility index (Phi) is 7.30. The summed E-state index contributed by atoms with van der Waals surface area (Å²) in [5.74, 6) is 1.59. The highest BCUT2D eigenvalue weighted by Crippen LogP contribution is 2.38. The third kappa shape index (κ3) is 5.38. The SMILES string of the molecule is COc1cc(CC(=O)N(Cc2cccnc2)C[C@@H]2CCCO2)cc(OC)c1OC. The Bertz CT molecular complexity index is 781. The molecule has 2 aromatic rings. The molecule has 7 heteroatoms. The van der Waals surface area contributed by atoms with Crippen molar-refractivity contribution in [3.63, 3.8) is 0 Å². The predicted molar refractivity (Wildman–Crippen MR) is 108 cm³/mol. The number of pyridine rings is 1. The maximum atomic E-state index is 13.2. The Labute approximate surface area is 171 Å². The molecule has 1 aromatic carbocycles. The first-order valence-corrected chi connectivity index (χ1v) is 9.71. The number of hydrogen-bond donors (Lipinski definition) is 0. The Morgan fingerprint density at radius 3 is 2.48 bits per heavy atom. The summed E-state index contributed by atoms with van der Waals surface area (Å²) in [5, 5.41) is 0. The summed E-state index contributed by atoms with van der Waals surface area (Å²) < 4.78 is 21.9. The van der Waals surface area contributed by atoms with Crippen LogP contribution in [0.3, 0.4) is 0 Å². The molecule has 0 bridgehead atoms. The summed E-state index contributed by atoms with van der Waals surface area (Å²) in [5.41, 5.74) is 1.79. The molecular weight excluding hydrogens is 372 g/mol. The van der Waals surface area contributed by atoms with Gasteiger partial charge in [0.25, 0.3) is 0 Å². The zero-order valence-corrected chi connectivity index (χ0v) is 17.2. The third-order valence-electron chi connectivity index (χ3n) is 4.98. The van der Waals surface area contributed by atoms with E-state index >= 15 is 0 Å². The van der Waals surface area contributed by atoms with Gasteiger partial charge in [-0.3, -0.25) is 9.78 Å². The van der Waals surface area contributed by atoms with Crippen molar-refractivity contribution in [2.24, 2.45) is 0 Å².